The van der Waals surface area contributed by atoms with Gasteiger partial charge in [-0.25, -0.2) is 0 Å². The van der Waals surface area contributed by atoms with E-state index in [4.69, 9.17) is 4.74 Å². The van der Waals surface area contributed by atoms with Crippen LogP contribution in [0.3, 0.4) is 0 Å². The van der Waals surface area contributed by atoms with E-state index in [0.29, 0.717) is 12.0 Å². The van der Waals surface area contributed by atoms with Crippen LogP contribution in [-0.2, 0) is 4.74 Å². The van der Waals surface area contributed by atoms with Gasteiger partial charge in [0.1, 0.15) is 0 Å². The second kappa shape index (κ2) is 6.06. The Morgan fingerprint density at radius 2 is 2.32 bits per heavy atom. The molecule has 4 nitrogen and oxygen atoms in total. The van der Waals surface area contributed by atoms with Crippen molar-refractivity contribution in [1.82, 2.24) is 15.1 Å². The van der Waals surface area contributed by atoms with Crippen LogP contribution in [0.4, 0.5) is 0 Å². The molecule has 0 spiro atoms. The van der Waals surface area contributed by atoms with Crippen molar-refractivity contribution in [2.45, 2.75) is 51.0 Å². The SMILES string of the molecule is Cc1cc(C2CCCN(CC3CCCCO3)C2)n[nH]1. The van der Waals surface area contributed by atoms with E-state index in [-0.39, 0.29) is 0 Å². The molecule has 3 heterocycles. The molecule has 2 atom stereocenters. The Hall–Kier alpha value is -0.870. The lowest BCUT2D eigenvalue weighted by Gasteiger charge is -2.35. The molecule has 0 bridgehead atoms. The summed E-state index contributed by atoms with van der Waals surface area (Å²) in [4.78, 5) is 2.58. The van der Waals surface area contributed by atoms with E-state index in [9.17, 15) is 0 Å². The monoisotopic (exact) mass is 263 g/mol. The molecule has 0 amide bonds. The summed E-state index contributed by atoms with van der Waals surface area (Å²) in [6, 6.07) is 2.20. The number of piperidine rings is 1. The van der Waals surface area contributed by atoms with E-state index in [1.54, 1.807) is 0 Å². The number of aromatic nitrogens is 2. The minimum Gasteiger partial charge on any atom is -0.377 e. The Balaban J connectivity index is 1.55. The third kappa shape index (κ3) is 3.37. The maximum atomic E-state index is 5.86. The van der Waals surface area contributed by atoms with Gasteiger partial charge in [0.15, 0.2) is 0 Å². The summed E-state index contributed by atoms with van der Waals surface area (Å²) in [7, 11) is 0. The van der Waals surface area contributed by atoms with Crippen LogP contribution < -0.4 is 0 Å². The molecule has 0 aliphatic carbocycles. The fourth-order valence-electron chi connectivity index (χ4n) is 3.35. The Bertz CT molecular complexity index is 398. The second-order valence-electron chi connectivity index (χ2n) is 6.06. The van der Waals surface area contributed by atoms with Crippen LogP contribution in [0, 0.1) is 6.92 Å². The van der Waals surface area contributed by atoms with Gasteiger partial charge in [0.05, 0.1) is 11.8 Å². The summed E-state index contributed by atoms with van der Waals surface area (Å²) in [5, 5.41) is 7.51. The number of hydrogen-bond acceptors (Lipinski definition) is 3. The number of nitrogens with one attached hydrogen (secondary N) is 1. The zero-order valence-electron chi connectivity index (χ0n) is 11.9. The fourth-order valence-corrected chi connectivity index (χ4v) is 3.35. The highest BCUT2D eigenvalue weighted by molar-refractivity contribution is 5.13. The molecule has 2 fully saturated rings. The lowest BCUT2D eigenvalue weighted by Crippen LogP contribution is -2.41. The van der Waals surface area contributed by atoms with E-state index in [0.717, 1.165) is 19.7 Å². The number of ether oxygens (including phenoxy) is 1. The van der Waals surface area contributed by atoms with Crippen LogP contribution >= 0.6 is 0 Å². The predicted octanol–water partition coefficient (Wildman–Crippen LogP) is 2.47. The molecule has 4 heteroatoms. The maximum absolute atomic E-state index is 5.86. The number of aromatic amines is 1. The summed E-state index contributed by atoms with van der Waals surface area (Å²) in [5.74, 6) is 0.599. The minimum absolute atomic E-state index is 0.466. The van der Waals surface area contributed by atoms with Crippen molar-refractivity contribution in [3.8, 4) is 0 Å². The summed E-state index contributed by atoms with van der Waals surface area (Å²) < 4.78 is 5.86. The molecule has 1 N–H and O–H groups in total. The molecule has 2 saturated heterocycles. The first kappa shape index (κ1) is 13.1. The topological polar surface area (TPSA) is 41.1 Å². The lowest BCUT2D eigenvalue weighted by atomic mass is 9.94. The Morgan fingerprint density at radius 1 is 1.37 bits per heavy atom. The van der Waals surface area contributed by atoms with Gasteiger partial charge in [0.25, 0.3) is 0 Å². The van der Waals surface area contributed by atoms with Gasteiger partial charge in [-0.3, -0.25) is 5.10 Å². The zero-order chi connectivity index (χ0) is 13.1. The maximum Gasteiger partial charge on any atom is 0.0702 e. The van der Waals surface area contributed by atoms with Gasteiger partial charge in [-0.2, -0.15) is 5.10 Å². The smallest absolute Gasteiger partial charge is 0.0702 e. The van der Waals surface area contributed by atoms with Crippen molar-refractivity contribution < 1.29 is 4.74 Å². The minimum atomic E-state index is 0.466. The molecule has 2 aliphatic rings. The first-order chi connectivity index (χ1) is 9.31. The van der Waals surface area contributed by atoms with E-state index in [2.05, 4.69) is 28.1 Å². The molecular weight excluding hydrogens is 238 g/mol. The van der Waals surface area contributed by atoms with Gasteiger partial charge >= 0.3 is 0 Å². The summed E-state index contributed by atoms with van der Waals surface area (Å²) in [5.41, 5.74) is 2.41. The third-order valence-electron chi connectivity index (χ3n) is 4.39. The average Bonchev–Trinajstić information content (AvgIpc) is 2.87. The third-order valence-corrected chi connectivity index (χ3v) is 4.39. The van der Waals surface area contributed by atoms with Crippen LogP contribution in [0.15, 0.2) is 6.07 Å². The summed E-state index contributed by atoms with van der Waals surface area (Å²) in [6.45, 7) is 6.51. The van der Waals surface area contributed by atoms with E-state index in [1.165, 1.54) is 50.0 Å². The molecule has 1 aromatic heterocycles. The predicted molar refractivity (Wildman–Crippen MR) is 75.3 cm³/mol. The first-order valence-electron chi connectivity index (χ1n) is 7.67. The van der Waals surface area contributed by atoms with Crippen LogP contribution in [0.1, 0.15) is 49.4 Å². The molecule has 2 aliphatic heterocycles. The summed E-state index contributed by atoms with van der Waals surface area (Å²) in [6.07, 6.45) is 6.83. The van der Waals surface area contributed by atoms with Crippen LogP contribution in [-0.4, -0.2) is 47.4 Å². The standard InChI is InChI=1S/C15H25N3O/c1-12-9-15(17-16-12)13-5-4-7-18(10-13)11-14-6-2-3-8-19-14/h9,13-14H,2-8,10-11H2,1H3,(H,16,17). The molecule has 3 rings (SSSR count). The normalized spacial score (nSPS) is 29.5. The largest absolute Gasteiger partial charge is 0.377 e. The molecule has 0 saturated carbocycles. The molecule has 0 radical (unpaired) electrons. The van der Waals surface area contributed by atoms with Crippen molar-refractivity contribution in [3.63, 3.8) is 0 Å². The number of aryl methyl sites for hydroxylation is 1. The Kier molecular flexibility index (Phi) is 4.18. The summed E-state index contributed by atoms with van der Waals surface area (Å²) >= 11 is 0. The zero-order valence-corrected chi connectivity index (χ0v) is 11.9. The fraction of sp³-hybridized carbons (Fsp3) is 0.800. The first-order valence-corrected chi connectivity index (χ1v) is 7.67. The average molecular weight is 263 g/mol. The van der Waals surface area contributed by atoms with Crippen molar-refractivity contribution in [2.24, 2.45) is 0 Å². The van der Waals surface area contributed by atoms with Gasteiger partial charge < -0.3 is 9.64 Å². The van der Waals surface area contributed by atoms with Crippen LogP contribution in [0.5, 0.6) is 0 Å². The number of H-pyrrole nitrogens is 1. The van der Waals surface area contributed by atoms with E-state index < -0.39 is 0 Å². The van der Waals surface area contributed by atoms with E-state index >= 15 is 0 Å². The molecule has 1 aromatic rings. The molecule has 106 valence electrons. The molecule has 2 unspecified atom stereocenters. The number of rotatable bonds is 3. The quantitative estimate of drug-likeness (QED) is 0.911. The van der Waals surface area contributed by atoms with Gasteiger partial charge in [-0.05, 0) is 51.6 Å². The van der Waals surface area contributed by atoms with Crippen molar-refractivity contribution in [3.05, 3.63) is 17.5 Å². The Morgan fingerprint density at radius 3 is 3.05 bits per heavy atom. The van der Waals surface area contributed by atoms with Crippen molar-refractivity contribution in [1.29, 1.82) is 0 Å². The van der Waals surface area contributed by atoms with Crippen LogP contribution in [0.2, 0.25) is 0 Å². The molecule has 19 heavy (non-hydrogen) atoms. The van der Waals surface area contributed by atoms with Gasteiger partial charge in [0.2, 0.25) is 0 Å². The van der Waals surface area contributed by atoms with Crippen molar-refractivity contribution >= 4 is 0 Å². The van der Waals surface area contributed by atoms with Gasteiger partial charge in [-0.1, -0.05) is 0 Å². The van der Waals surface area contributed by atoms with Crippen molar-refractivity contribution in [2.75, 3.05) is 26.2 Å². The number of nitrogens with zero attached hydrogens (tertiary/aromatic N) is 2. The number of likely N-dealkylation sites (tertiary alicyclic amines) is 1. The second-order valence-corrected chi connectivity index (χ2v) is 6.06. The highest BCUT2D eigenvalue weighted by atomic mass is 16.5. The van der Waals surface area contributed by atoms with E-state index in [1.807, 2.05) is 0 Å². The molecular formula is C15H25N3O. The van der Waals surface area contributed by atoms with Gasteiger partial charge in [0, 0.05) is 31.3 Å². The lowest BCUT2D eigenvalue weighted by molar-refractivity contribution is -0.0101. The van der Waals surface area contributed by atoms with Crippen LogP contribution in [0.25, 0.3) is 0 Å². The highest BCUT2D eigenvalue weighted by Gasteiger charge is 2.25. The molecule has 0 aromatic carbocycles. The highest BCUT2D eigenvalue weighted by Crippen LogP contribution is 2.26. The number of hydrogen-bond donors (Lipinski definition) is 1. The van der Waals surface area contributed by atoms with Gasteiger partial charge in [-0.15, -0.1) is 0 Å². The Labute approximate surface area is 115 Å².